The molecule has 1 aliphatic carbocycles. The molecule has 160 valence electrons. The third kappa shape index (κ3) is 2.69. The fraction of sp³-hybridized carbons (Fsp3) is 0.269. The predicted molar refractivity (Wildman–Crippen MR) is 116 cm³/mol. The lowest BCUT2D eigenvalue weighted by atomic mass is 9.83. The van der Waals surface area contributed by atoms with Crippen LogP contribution in [-0.2, 0) is 15.8 Å². The van der Waals surface area contributed by atoms with Crippen molar-refractivity contribution in [1.82, 2.24) is 10.3 Å². The normalized spacial score (nSPS) is 22.6. The summed E-state index contributed by atoms with van der Waals surface area (Å²) in [6.45, 7) is 1.34. The van der Waals surface area contributed by atoms with Crippen LogP contribution in [-0.4, -0.2) is 29.8 Å². The first kappa shape index (κ1) is 19.3. The summed E-state index contributed by atoms with van der Waals surface area (Å²) < 4.78 is 19.9. The van der Waals surface area contributed by atoms with Crippen LogP contribution in [0.4, 0.5) is 4.39 Å². The second-order valence-corrected chi connectivity index (χ2v) is 8.86. The molecule has 1 N–H and O–H groups in total. The van der Waals surface area contributed by atoms with E-state index < -0.39 is 17.0 Å². The van der Waals surface area contributed by atoms with Crippen LogP contribution in [0.2, 0.25) is 0 Å². The Morgan fingerprint density at radius 3 is 2.56 bits per heavy atom. The maximum absolute atomic E-state index is 14.1. The summed E-state index contributed by atoms with van der Waals surface area (Å²) in [5.41, 5.74) is 2.02. The molecule has 3 aromatic rings. The molecule has 1 saturated carbocycles. The molecule has 6 rings (SSSR count). The summed E-state index contributed by atoms with van der Waals surface area (Å²) in [6, 6.07) is 15.6. The molecule has 2 aliphatic heterocycles. The van der Waals surface area contributed by atoms with Gasteiger partial charge in [0.2, 0.25) is 0 Å². The number of rotatable bonds is 4. The molecular weight excluding hydrogens is 407 g/mol. The Bertz CT molecular complexity index is 1260. The van der Waals surface area contributed by atoms with Gasteiger partial charge < -0.3 is 10.1 Å². The van der Waals surface area contributed by atoms with Crippen LogP contribution in [0.5, 0.6) is 0 Å². The number of halogens is 1. The maximum Gasteiger partial charge on any atom is 0.340 e. The Balaban J connectivity index is 1.37. The van der Waals surface area contributed by atoms with E-state index in [9.17, 15) is 14.0 Å². The summed E-state index contributed by atoms with van der Waals surface area (Å²) in [7, 11) is 0. The quantitative estimate of drug-likeness (QED) is 0.499. The molecule has 1 aromatic heterocycles. The van der Waals surface area contributed by atoms with Crippen LogP contribution in [0.3, 0.4) is 0 Å². The molecule has 32 heavy (non-hydrogen) atoms. The van der Waals surface area contributed by atoms with Crippen molar-refractivity contribution in [2.24, 2.45) is 0 Å². The number of benzene rings is 2. The van der Waals surface area contributed by atoms with Gasteiger partial charge in [0.15, 0.2) is 11.4 Å². The molecule has 0 radical (unpaired) electrons. The number of esters is 1. The molecule has 1 unspecified atom stereocenters. The summed E-state index contributed by atoms with van der Waals surface area (Å²) in [4.78, 5) is 31.0. The van der Waals surface area contributed by atoms with Crippen molar-refractivity contribution in [2.75, 3.05) is 13.1 Å². The van der Waals surface area contributed by atoms with Gasteiger partial charge in [-0.25, -0.2) is 9.18 Å². The zero-order valence-electron chi connectivity index (χ0n) is 17.4. The van der Waals surface area contributed by atoms with E-state index in [-0.39, 0.29) is 11.6 Å². The first-order chi connectivity index (χ1) is 15.5. The molecule has 1 saturated heterocycles. The van der Waals surface area contributed by atoms with Crippen LogP contribution in [0.15, 0.2) is 60.8 Å². The number of Topliss-reactive ketones (excluding diaryl/α,β-unsaturated/α-hetero) is 1. The second-order valence-electron chi connectivity index (χ2n) is 8.86. The van der Waals surface area contributed by atoms with Crippen LogP contribution in [0, 0.1) is 5.82 Å². The van der Waals surface area contributed by atoms with Gasteiger partial charge in [-0.2, -0.15) is 0 Å². The molecule has 2 aromatic carbocycles. The first-order valence-electron chi connectivity index (χ1n) is 10.9. The van der Waals surface area contributed by atoms with Gasteiger partial charge in [-0.05, 0) is 43.1 Å². The average molecular weight is 428 g/mol. The number of nitrogens with zero attached hydrogens (tertiary/aromatic N) is 1. The van der Waals surface area contributed by atoms with E-state index in [1.54, 1.807) is 36.5 Å². The van der Waals surface area contributed by atoms with E-state index in [1.807, 2.05) is 18.2 Å². The van der Waals surface area contributed by atoms with E-state index in [4.69, 9.17) is 4.74 Å². The van der Waals surface area contributed by atoms with E-state index in [0.717, 1.165) is 17.7 Å². The molecule has 0 amide bonds. The minimum Gasteiger partial charge on any atom is -0.449 e. The number of aromatic nitrogens is 1. The van der Waals surface area contributed by atoms with E-state index >= 15 is 0 Å². The smallest absolute Gasteiger partial charge is 0.340 e. The number of pyridine rings is 1. The summed E-state index contributed by atoms with van der Waals surface area (Å²) in [5, 5.41) is 3.26. The van der Waals surface area contributed by atoms with Crippen LogP contribution < -0.4 is 5.32 Å². The highest BCUT2D eigenvalue weighted by molar-refractivity contribution is 6.14. The van der Waals surface area contributed by atoms with Crippen LogP contribution >= 0.6 is 0 Å². The summed E-state index contributed by atoms with van der Waals surface area (Å²) in [5.74, 6) is -0.829. The highest BCUT2D eigenvalue weighted by Gasteiger charge is 2.55. The van der Waals surface area contributed by atoms with Crippen LogP contribution in [0.25, 0.3) is 11.3 Å². The van der Waals surface area contributed by atoms with Gasteiger partial charge in [-0.3, -0.25) is 9.78 Å². The van der Waals surface area contributed by atoms with Gasteiger partial charge in [0.1, 0.15) is 5.82 Å². The Hall–Kier alpha value is -3.38. The van der Waals surface area contributed by atoms with Crippen molar-refractivity contribution >= 4 is 11.8 Å². The Labute approximate surface area is 184 Å². The zero-order valence-corrected chi connectivity index (χ0v) is 17.4. The van der Waals surface area contributed by atoms with Gasteiger partial charge in [0.05, 0.1) is 16.7 Å². The molecule has 6 heteroatoms. The monoisotopic (exact) mass is 428 g/mol. The molecule has 1 spiro atoms. The molecule has 2 fully saturated rings. The van der Waals surface area contributed by atoms with Crippen molar-refractivity contribution in [3.8, 4) is 11.3 Å². The van der Waals surface area contributed by atoms with Crippen molar-refractivity contribution in [3.05, 3.63) is 88.9 Å². The highest BCUT2D eigenvalue weighted by atomic mass is 19.1. The van der Waals surface area contributed by atoms with Crippen molar-refractivity contribution in [1.29, 1.82) is 0 Å². The molecule has 5 nitrogen and oxygen atoms in total. The molecular formula is C26H21FN2O3. The number of carbonyl (C=O) groups excluding carboxylic acids is 2. The summed E-state index contributed by atoms with van der Waals surface area (Å²) in [6.07, 6.45) is 3.75. The fourth-order valence-electron chi connectivity index (χ4n) is 5.15. The highest BCUT2D eigenvalue weighted by Crippen LogP contribution is 2.52. The second kappa shape index (κ2) is 6.81. The lowest BCUT2D eigenvalue weighted by Crippen LogP contribution is -2.28. The van der Waals surface area contributed by atoms with Crippen molar-refractivity contribution in [2.45, 2.75) is 30.3 Å². The van der Waals surface area contributed by atoms with Crippen molar-refractivity contribution in [3.63, 3.8) is 0 Å². The van der Waals surface area contributed by atoms with E-state index in [0.29, 0.717) is 48.2 Å². The lowest BCUT2D eigenvalue weighted by molar-refractivity contribution is 0.00158. The third-order valence-corrected chi connectivity index (χ3v) is 7.06. The number of carbonyl (C=O) groups is 2. The summed E-state index contributed by atoms with van der Waals surface area (Å²) >= 11 is 0. The number of hydrogen-bond donors (Lipinski definition) is 1. The number of hydrogen-bond acceptors (Lipinski definition) is 5. The molecule has 3 aliphatic rings. The lowest BCUT2D eigenvalue weighted by Gasteiger charge is -2.22. The van der Waals surface area contributed by atoms with Gasteiger partial charge in [-0.15, -0.1) is 0 Å². The van der Waals surface area contributed by atoms with Gasteiger partial charge in [0.25, 0.3) is 0 Å². The van der Waals surface area contributed by atoms with Gasteiger partial charge in [-0.1, -0.05) is 36.4 Å². The molecule has 0 bridgehead atoms. The fourth-order valence-corrected chi connectivity index (χ4v) is 5.15. The maximum atomic E-state index is 14.1. The Kier molecular flexibility index (Phi) is 4.11. The minimum absolute atomic E-state index is 0.0743. The first-order valence-corrected chi connectivity index (χ1v) is 10.9. The standard InChI is InChI=1S/C26H21FN2O3/c27-20-7-2-1-4-17(20)21-9-8-16(14-29-21)25(10-11-25)23(30)18-5-3-6-19-22(18)24(31)32-26(19)12-13-28-15-26/h1-9,14,28H,10-13,15H2. The largest absolute Gasteiger partial charge is 0.449 e. The number of nitrogens with one attached hydrogen (secondary N) is 1. The van der Waals surface area contributed by atoms with Gasteiger partial charge in [0, 0.05) is 35.9 Å². The average Bonchev–Trinajstić information content (AvgIpc) is 3.42. The molecule has 3 heterocycles. The Morgan fingerprint density at radius 2 is 1.88 bits per heavy atom. The third-order valence-electron chi connectivity index (χ3n) is 7.06. The Morgan fingerprint density at radius 1 is 1.03 bits per heavy atom. The van der Waals surface area contributed by atoms with Crippen molar-refractivity contribution < 1.29 is 18.7 Å². The zero-order chi connectivity index (χ0) is 21.9. The molecule has 1 atom stereocenters. The number of fused-ring (bicyclic) bond motifs is 2. The number of ether oxygens (including phenoxy) is 1. The topological polar surface area (TPSA) is 68.3 Å². The van der Waals surface area contributed by atoms with Crippen LogP contribution in [0.1, 0.15) is 51.1 Å². The SMILES string of the molecule is O=C1OC2(CCNC2)c2cccc(C(=O)C3(c4ccc(-c5ccccc5F)nc4)CC3)c21. The number of ketones is 1. The minimum atomic E-state index is -0.695. The van der Waals surface area contributed by atoms with E-state index in [1.165, 1.54) is 6.07 Å². The van der Waals surface area contributed by atoms with E-state index in [2.05, 4.69) is 10.3 Å². The predicted octanol–water partition coefficient (Wildman–Crippen LogP) is 4.16. The van der Waals surface area contributed by atoms with Gasteiger partial charge >= 0.3 is 5.97 Å².